The van der Waals surface area contributed by atoms with E-state index >= 15 is 0 Å². The van der Waals surface area contributed by atoms with Crippen molar-refractivity contribution in [2.24, 2.45) is 5.92 Å². The molecule has 0 N–H and O–H groups in total. The van der Waals surface area contributed by atoms with Crippen molar-refractivity contribution < 1.29 is 14.3 Å². The van der Waals surface area contributed by atoms with E-state index in [0.29, 0.717) is 13.0 Å². The van der Waals surface area contributed by atoms with E-state index in [4.69, 9.17) is 9.47 Å². The first kappa shape index (κ1) is 20.8. The van der Waals surface area contributed by atoms with Crippen LogP contribution in [-0.2, 0) is 16.1 Å². The molecule has 6 rings (SSSR count). The van der Waals surface area contributed by atoms with Crippen LogP contribution in [0.5, 0.6) is 5.75 Å². The van der Waals surface area contributed by atoms with E-state index in [-0.39, 0.29) is 47.8 Å². The molecule has 8 heteroatoms. The summed E-state index contributed by atoms with van der Waals surface area (Å²) >= 11 is 0. The Balaban J connectivity index is 1.44. The van der Waals surface area contributed by atoms with Gasteiger partial charge >= 0.3 is 17.3 Å². The van der Waals surface area contributed by atoms with Crippen LogP contribution in [0, 0.1) is 5.92 Å². The number of fused-ring (bicyclic) bond motifs is 10. The van der Waals surface area contributed by atoms with E-state index in [1.807, 2.05) is 42.5 Å². The van der Waals surface area contributed by atoms with Gasteiger partial charge in [0.05, 0.1) is 32.3 Å². The maximum atomic E-state index is 13.5. The Morgan fingerprint density at radius 1 is 1.00 bits per heavy atom. The van der Waals surface area contributed by atoms with Gasteiger partial charge in [0.15, 0.2) is 0 Å². The first-order chi connectivity index (χ1) is 16.5. The lowest BCUT2D eigenvalue weighted by atomic mass is 9.89. The predicted molar refractivity (Wildman–Crippen MR) is 125 cm³/mol. The predicted octanol–water partition coefficient (Wildman–Crippen LogP) is 2.73. The van der Waals surface area contributed by atoms with Gasteiger partial charge in [0.2, 0.25) is 0 Å². The molecular weight excluding hydrogens is 434 g/mol. The second-order valence-electron chi connectivity index (χ2n) is 9.05. The van der Waals surface area contributed by atoms with Crippen molar-refractivity contribution in [3.05, 3.63) is 92.3 Å². The summed E-state index contributed by atoms with van der Waals surface area (Å²) in [5.74, 6) is 0.353. The Morgan fingerprint density at radius 2 is 1.68 bits per heavy atom. The number of carbonyl (C=O) groups excluding carboxylic acids is 1. The molecule has 2 aromatic carbocycles. The zero-order valence-electron chi connectivity index (χ0n) is 19.0. The molecular formula is C26H25N3O5. The van der Waals surface area contributed by atoms with Crippen LogP contribution in [0.25, 0.3) is 5.57 Å². The average molecular weight is 460 g/mol. The van der Waals surface area contributed by atoms with Crippen LogP contribution < -0.4 is 16.1 Å². The molecule has 8 nitrogen and oxygen atoms in total. The summed E-state index contributed by atoms with van der Waals surface area (Å²) in [6, 6.07) is 15.1. The largest absolute Gasteiger partial charge is 0.497 e. The zero-order chi connectivity index (χ0) is 23.6. The van der Waals surface area contributed by atoms with Gasteiger partial charge in [0.25, 0.3) is 0 Å². The van der Waals surface area contributed by atoms with Gasteiger partial charge in [0, 0.05) is 17.9 Å². The van der Waals surface area contributed by atoms with E-state index in [0.717, 1.165) is 28.0 Å². The Bertz CT molecular complexity index is 1440. The van der Waals surface area contributed by atoms with Gasteiger partial charge < -0.3 is 9.47 Å². The number of carbonyl (C=O) groups is 1. The lowest BCUT2D eigenvalue weighted by molar-refractivity contribution is -0.137. The van der Waals surface area contributed by atoms with E-state index in [9.17, 15) is 14.4 Å². The van der Waals surface area contributed by atoms with Gasteiger partial charge in [-0.15, -0.1) is 0 Å². The molecule has 2 aliphatic carbocycles. The lowest BCUT2D eigenvalue weighted by Gasteiger charge is -2.28. The summed E-state index contributed by atoms with van der Waals surface area (Å²) in [7, 11) is 1.60. The molecule has 0 spiro atoms. The molecule has 34 heavy (non-hydrogen) atoms. The third-order valence-electron chi connectivity index (χ3n) is 7.46. The fourth-order valence-electron chi connectivity index (χ4n) is 6.21. The fourth-order valence-corrected chi connectivity index (χ4v) is 6.21. The number of nitrogens with zero attached hydrogens (tertiary/aromatic N) is 3. The number of methoxy groups -OCH3 is 1. The van der Waals surface area contributed by atoms with E-state index < -0.39 is 0 Å². The third-order valence-corrected chi connectivity index (χ3v) is 7.46. The van der Waals surface area contributed by atoms with Crippen LogP contribution in [0.15, 0.2) is 64.2 Å². The standard InChI is InChI=1S/C26H25N3O5/c1-3-34-22(30)12-19-17-6-4-5-7-18(17)23-20-13-21(24(19)23)29-26(32)27(25(31)28(20)29)14-15-8-10-16(33-2)11-9-15/h4-12,20-21,23-24H,3,13-14H2,1-2H3/b19-12+/t20?,21?,23-,24+/m1/s1. The number of aromatic nitrogens is 3. The molecule has 4 atom stereocenters. The highest BCUT2D eigenvalue weighted by Crippen LogP contribution is 2.64. The van der Waals surface area contributed by atoms with Gasteiger partial charge in [-0.3, -0.25) is 0 Å². The molecule has 1 aliphatic heterocycles. The number of rotatable bonds is 5. The topological polar surface area (TPSA) is 84.5 Å². The quantitative estimate of drug-likeness (QED) is 0.433. The van der Waals surface area contributed by atoms with Crippen LogP contribution in [0.3, 0.4) is 0 Å². The Labute approximate surface area is 195 Å². The van der Waals surface area contributed by atoms with Gasteiger partial charge in [-0.25, -0.2) is 28.3 Å². The summed E-state index contributed by atoms with van der Waals surface area (Å²) in [6.45, 7) is 2.28. The molecule has 1 fully saturated rings. The minimum atomic E-state index is -0.377. The van der Waals surface area contributed by atoms with Crippen LogP contribution >= 0.6 is 0 Å². The number of esters is 1. The minimum Gasteiger partial charge on any atom is -0.497 e. The third kappa shape index (κ3) is 2.81. The SMILES string of the molecule is CCOC(=O)/C=C1\c2ccccc2[C@@H]2C3CC([C@H]12)n1c(=O)n(Cc2ccc(OC)cc2)c(=O)n13. The van der Waals surface area contributed by atoms with Crippen LogP contribution in [0.2, 0.25) is 0 Å². The summed E-state index contributed by atoms with van der Waals surface area (Å²) in [5.41, 5.74) is 3.30. The van der Waals surface area contributed by atoms with Crippen molar-refractivity contribution in [3.8, 4) is 5.75 Å². The molecule has 3 aliphatic rings. The molecule has 0 saturated heterocycles. The van der Waals surface area contributed by atoms with E-state index in [1.165, 1.54) is 4.57 Å². The van der Waals surface area contributed by atoms with Gasteiger partial charge in [0.1, 0.15) is 5.75 Å². The first-order valence-corrected chi connectivity index (χ1v) is 11.6. The number of hydrogen-bond acceptors (Lipinski definition) is 5. The molecule has 0 radical (unpaired) electrons. The number of ether oxygens (including phenoxy) is 2. The van der Waals surface area contributed by atoms with Crippen molar-refractivity contribution >= 4 is 11.5 Å². The average Bonchev–Trinajstić information content (AvgIpc) is 3.56. The van der Waals surface area contributed by atoms with E-state index in [2.05, 4.69) is 6.07 Å². The molecule has 2 heterocycles. The van der Waals surface area contributed by atoms with Crippen LogP contribution in [0.4, 0.5) is 0 Å². The second kappa shape index (κ2) is 7.62. The van der Waals surface area contributed by atoms with Crippen molar-refractivity contribution in [2.45, 2.75) is 37.9 Å². The molecule has 174 valence electrons. The molecule has 1 aromatic heterocycles. The lowest BCUT2D eigenvalue weighted by Crippen LogP contribution is -2.34. The highest BCUT2D eigenvalue weighted by Gasteiger charge is 2.58. The smallest absolute Gasteiger partial charge is 0.347 e. The van der Waals surface area contributed by atoms with Crippen molar-refractivity contribution in [1.82, 2.24) is 13.9 Å². The number of allylic oxidation sites excluding steroid dienone is 1. The second-order valence-corrected chi connectivity index (χ2v) is 9.05. The number of hydrogen-bond donors (Lipinski definition) is 0. The van der Waals surface area contributed by atoms with Crippen molar-refractivity contribution in [1.29, 1.82) is 0 Å². The van der Waals surface area contributed by atoms with Gasteiger partial charge in [-0.1, -0.05) is 36.4 Å². The summed E-state index contributed by atoms with van der Waals surface area (Å²) < 4.78 is 15.0. The molecule has 1 saturated carbocycles. The summed E-state index contributed by atoms with van der Waals surface area (Å²) in [4.78, 5) is 39.3. The maximum absolute atomic E-state index is 13.5. The van der Waals surface area contributed by atoms with E-state index in [1.54, 1.807) is 29.5 Å². The van der Waals surface area contributed by atoms with Gasteiger partial charge in [-0.2, -0.15) is 0 Å². The molecule has 2 bridgehead atoms. The highest BCUT2D eigenvalue weighted by molar-refractivity contribution is 5.94. The zero-order valence-corrected chi connectivity index (χ0v) is 19.0. The summed E-state index contributed by atoms with van der Waals surface area (Å²) in [6.07, 6.45) is 2.28. The first-order valence-electron chi connectivity index (χ1n) is 11.6. The Hall–Kier alpha value is -3.81. The minimum absolute atomic E-state index is 0.0410. The fraction of sp³-hybridized carbons (Fsp3) is 0.346. The summed E-state index contributed by atoms with van der Waals surface area (Å²) in [5, 5.41) is 0. The van der Waals surface area contributed by atoms with Crippen molar-refractivity contribution in [2.75, 3.05) is 13.7 Å². The van der Waals surface area contributed by atoms with Gasteiger partial charge in [-0.05, 0) is 47.7 Å². The maximum Gasteiger partial charge on any atom is 0.347 e. The Morgan fingerprint density at radius 3 is 2.35 bits per heavy atom. The molecule has 3 aromatic rings. The van der Waals surface area contributed by atoms with Crippen molar-refractivity contribution in [3.63, 3.8) is 0 Å². The number of benzene rings is 2. The van der Waals surface area contributed by atoms with Crippen LogP contribution in [0.1, 0.15) is 48.0 Å². The van der Waals surface area contributed by atoms with Crippen LogP contribution in [-0.4, -0.2) is 33.6 Å². The Kier molecular flexibility index (Phi) is 4.65. The molecule has 2 unspecified atom stereocenters. The highest BCUT2D eigenvalue weighted by atomic mass is 16.5. The molecule has 0 amide bonds. The monoisotopic (exact) mass is 459 g/mol. The normalized spacial score (nSPS) is 24.7.